The van der Waals surface area contributed by atoms with E-state index in [-0.39, 0.29) is 12.5 Å². The van der Waals surface area contributed by atoms with Crippen molar-refractivity contribution in [2.24, 2.45) is 0 Å². The Hall–Kier alpha value is -3.71. The van der Waals surface area contributed by atoms with Crippen molar-refractivity contribution < 1.29 is 9.63 Å². The quantitative estimate of drug-likeness (QED) is 0.255. The lowest BCUT2D eigenvalue weighted by atomic mass is 9.79. The lowest BCUT2D eigenvalue weighted by Gasteiger charge is -2.29. The lowest BCUT2D eigenvalue weighted by molar-refractivity contribution is 0.279. The minimum Gasteiger partial charge on any atom is -0.464 e. The Morgan fingerprint density at radius 2 is 1.39 bits per heavy atom. The van der Waals surface area contributed by atoms with Gasteiger partial charge in [0.25, 0.3) is 0 Å². The van der Waals surface area contributed by atoms with E-state index >= 15 is 0 Å². The van der Waals surface area contributed by atoms with Gasteiger partial charge in [-0.25, -0.2) is 0 Å². The van der Waals surface area contributed by atoms with E-state index in [1.54, 1.807) is 0 Å². The first-order valence-corrected chi connectivity index (χ1v) is 13.6. The Labute approximate surface area is 213 Å². The van der Waals surface area contributed by atoms with Crippen LogP contribution >= 0.6 is 8.15 Å². The van der Waals surface area contributed by atoms with Gasteiger partial charge in [-0.1, -0.05) is 121 Å². The van der Waals surface area contributed by atoms with Gasteiger partial charge in [0.1, 0.15) is 5.75 Å². The van der Waals surface area contributed by atoms with Crippen molar-refractivity contribution in [1.82, 2.24) is 0 Å². The van der Waals surface area contributed by atoms with Crippen LogP contribution < -0.4 is 15.1 Å². The van der Waals surface area contributed by atoms with Gasteiger partial charge in [-0.3, -0.25) is 0 Å². The first-order valence-electron chi connectivity index (χ1n) is 12.3. The smallest absolute Gasteiger partial charge is 0.150 e. The van der Waals surface area contributed by atoms with Gasteiger partial charge < -0.3 is 9.63 Å². The van der Waals surface area contributed by atoms with Gasteiger partial charge >= 0.3 is 0 Å². The molecule has 3 heteroatoms. The molecule has 0 heterocycles. The Bertz CT molecular complexity index is 1490. The van der Waals surface area contributed by atoms with Gasteiger partial charge in [0.15, 0.2) is 8.15 Å². The monoisotopic (exact) mass is 486 g/mol. The SMILES string of the molecule is OCc1cc2ccccc2c(C2CC=Cc3ccccc32)c1OP(c1ccccc1)c1ccccc1. The molecule has 0 spiro atoms. The Morgan fingerprint density at radius 1 is 0.750 bits per heavy atom. The fourth-order valence-electron chi connectivity index (χ4n) is 5.17. The van der Waals surface area contributed by atoms with E-state index in [2.05, 4.69) is 115 Å². The molecule has 0 fully saturated rings. The molecule has 0 saturated carbocycles. The third-order valence-corrected chi connectivity index (χ3v) is 8.74. The summed E-state index contributed by atoms with van der Waals surface area (Å²) in [5, 5.41) is 15.2. The fourth-order valence-corrected chi connectivity index (χ4v) is 6.96. The lowest BCUT2D eigenvalue weighted by Crippen LogP contribution is -2.17. The molecule has 5 aromatic carbocycles. The van der Waals surface area contributed by atoms with Gasteiger partial charge in [0, 0.05) is 27.7 Å². The summed E-state index contributed by atoms with van der Waals surface area (Å²) in [4.78, 5) is 0. The van der Waals surface area contributed by atoms with Crippen molar-refractivity contribution in [2.75, 3.05) is 0 Å². The zero-order valence-corrected chi connectivity index (χ0v) is 20.8. The van der Waals surface area contributed by atoms with Crippen molar-refractivity contribution >= 4 is 35.6 Å². The molecule has 0 aromatic heterocycles. The molecule has 0 amide bonds. The number of allylic oxidation sites excluding steroid dienone is 1. The van der Waals surface area contributed by atoms with E-state index in [1.165, 1.54) is 16.5 Å². The molecule has 5 aromatic rings. The average molecular weight is 487 g/mol. The number of aliphatic hydroxyl groups excluding tert-OH is 1. The normalized spacial score (nSPS) is 14.7. The summed E-state index contributed by atoms with van der Waals surface area (Å²) >= 11 is 0. The molecule has 1 atom stereocenters. The molecule has 0 radical (unpaired) electrons. The first-order chi connectivity index (χ1) is 17.8. The van der Waals surface area contributed by atoms with E-state index in [9.17, 15) is 5.11 Å². The number of benzene rings is 5. The molecule has 2 nitrogen and oxygen atoms in total. The first kappa shape index (κ1) is 22.7. The van der Waals surface area contributed by atoms with Gasteiger partial charge in [-0.2, -0.15) is 0 Å². The second kappa shape index (κ2) is 10.1. The van der Waals surface area contributed by atoms with Crippen LogP contribution in [0.2, 0.25) is 0 Å². The predicted molar refractivity (Wildman–Crippen MR) is 152 cm³/mol. The number of aliphatic hydroxyl groups is 1. The van der Waals surface area contributed by atoms with Crippen LogP contribution in [0.3, 0.4) is 0 Å². The molecular formula is C33H27O2P. The van der Waals surface area contributed by atoms with Crippen LogP contribution in [0.15, 0.2) is 121 Å². The topological polar surface area (TPSA) is 29.5 Å². The van der Waals surface area contributed by atoms with Crippen LogP contribution in [-0.2, 0) is 6.61 Å². The third-order valence-electron chi connectivity index (χ3n) is 6.84. The van der Waals surface area contributed by atoms with Crippen molar-refractivity contribution in [2.45, 2.75) is 18.9 Å². The number of rotatable bonds is 6. The van der Waals surface area contributed by atoms with E-state index in [4.69, 9.17) is 4.52 Å². The second-order valence-corrected chi connectivity index (χ2v) is 10.8. The van der Waals surface area contributed by atoms with Crippen molar-refractivity contribution in [1.29, 1.82) is 0 Å². The van der Waals surface area contributed by atoms with Crippen LogP contribution in [0.4, 0.5) is 0 Å². The van der Waals surface area contributed by atoms with Crippen LogP contribution in [-0.4, -0.2) is 5.11 Å². The zero-order chi connectivity index (χ0) is 24.3. The molecule has 176 valence electrons. The van der Waals surface area contributed by atoms with E-state index in [0.717, 1.165) is 39.3 Å². The summed E-state index contributed by atoms with van der Waals surface area (Å²) in [5.74, 6) is 0.950. The summed E-state index contributed by atoms with van der Waals surface area (Å²) in [6.07, 6.45) is 5.36. The van der Waals surface area contributed by atoms with E-state index in [0.29, 0.717) is 0 Å². The fraction of sp³-hybridized carbons (Fsp3) is 0.0909. The highest BCUT2D eigenvalue weighted by Crippen LogP contribution is 2.48. The minimum absolute atomic E-state index is 0.0792. The van der Waals surface area contributed by atoms with Crippen LogP contribution in [0.5, 0.6) is 5.75 Å². The highest BCUT2D eigenvalue weighted by atomic mass is 31.1. The van der Waals surface area contributed by atoms with Crippen molar-refractivity contribution in [3.63, 3.8) is 0 Å². The summed E-state index contributed by atoms with van der Waals surface area (Å²) in [7, 11) is -1.14. The Morgan fingerprint density at radius 3 is 2.11 bits per heavy atom. The van der Waals surface area contributed by atoms with Crippen LogP contribution in [0, 0.1) is 0 Å². The summed E-state index contributed by atoms with van der Waals surface area (Å²) in [5.41, 5.74) is 4.53. The Balaban J connectivity index is 1.59. The maximum absolute atomic E-state index is 10.6. The number of hydrogen-bond donors (Lipinski definition) is 1. The highest BCUT2D eigenvalue weighted by Gasteiger charge is 2.28. The summed E-state index contributed by atoms with van der Waals surface area (Å²) < 4.78 is 7.10. The van der Waals surface area contributed by atoms with E-state index in [1.807, 2.05) is 12.1 Å². The van der Waals surface area contributed by atoms with E-state index < -0.39 is 8.15 Å². The van der Waals surface area contributed by atoms with Crippen LogP contribution in [0.25, 0.3) is 16.8 Å². The maximum atomic E-state index is 10.6. The molecule has 1 aliphatic carbocycles. The molecule has 6 rings (SSSR count). The van der Waals surface area contributed by atoms with Crippen LogP contribution in [0.1, 0.15) is 34.6 Å². The third kappa shape index (κ3) is 4.24. The molecule has 1 aliphatic rings. The molecule has 36 heavy (non-hydrogen) atoms. The van der Waals surface area contributed by atoms with Gasteiger partial charge in [-0.15, -0.1) is 0 Å². The molecular weight excluding hydrogens is 459 g/mol. The molecule has 0 aliphatic heterocycles. The van der Waals surface area contributed by atoms with Gasteiger partial charge in [0.05, 0.1) is 6.61 Å². The van der Waals surface area contributed by atoms with Crippen molar-refractivity contribution in [3.05, 3.63) is 144 Å². The number of fused-ring (bicyclic) bond motifs is 2. The maximum Gasteiger partial charge on any atom is 0.150 e. The van der Waals surface area contributed by atoms with Gasteiger partial charge in [-0.05, 0) is 34.4 Å². The summed E-state index contributed by atoms with van der Waals surface area (Å²) in [6, 6.07) is 40.0. The number of hydrogen-bond acceptors (Lipinski definition) is 2. The largest absolute Gasteiger partial charge is 0.464 e. The predicted octanol–water partition coefficient (Wildman–Crippen LogP) is 7.31. The van der Waals surface area contributed by atoms with Crippen molar-refractivity contribution in [3.8, 4) is 5.75 Å². The van der Waals surface area contributed by atoms with Gasteiger partial charge in [0.2, 0.25) is 0 Å². The molecule has 0 bridgehead atoms. The Kier molecular flexibility index (Phi) is 6.38. The standard InChI is InChI=1S/C33H27O2P/c34-23-26-22-25-13-8-10-20-30(25)32(31-21-11-14-24-12-7-9-19-29(24)31)33(26)35-36(27-15-3-1-4-16-27)28-17-5-2-6-18-28/h1-20,22,31,34H,21,23H2. The molecule has 1 unspecified atom stereocenters. The minimum atomic E-state index is -1.14. The molecule has 1 N–H and O–H groups in total. The zero-order valence-electron chi connectivity index (χ0n) is 19.9. The second-order valence-electron chi connectivity index (χ2n) is 9.03. The molecule has 0 saturated heterocycles. The summed E-state index contributed by atoms with van der Waals surface area (Å²) in [6.45, 7) is -0.0792. The highest BCUT2D eigenvalue weighted by molar-refractivity contribution is 7.68. The average Bonchev–Trinajstić information content (AvgIpc) is 2.96.